The number of carbonyl (C=O) groups is 2. The van der Waals surface area contributed by atoms with Gasteiger partial charge in [0.2, 0.25) is 5.91 Å². The summed E-state index contributed by atoms with van der Waals surface area (Å²) in [5, 5.41) is 2.42. The zero-order chi connectivity index (χ0) is 19.5. The van der Waals surface area contributed by atoms with Gasteiger partial charge in [-0.05, 0) is 48.0 Å². The highest BCUT2D eigenvalue weighted by Crippen LogP contribution is 2.12. The predicted octanol–water partition coefficient (Wildman–Crippen LogP) is 2.36. The Morgan fingerprint density at radius 3 is 2.41 bits per heavy atom. The third-order valence-electron chi connectivity index (χ3n) is 3.48. The van der Waals surface area contributed by atoms with Crippen LogP contribution in [0.1, 0.15) is 18.1 Å². The summed E-state index contributed by atoms with van der Waals surface area (Å²) in [5.74, 6) is -0.229. The first kappa shape index (κ1) is 20.1. The van der Waals surface area contributed by atoms with E-state index in [4.69, 9.17) is 17.0 Å². The maximum Gasteiger partial charge on any atom is 0.276 e. The molecule has 0 radical (unpaired) electrons. The summed E-state index contributed by atoms with van der Waals surface area (Å²) in [6.45, 7) is 1.89. The number of hydrogen-bond donors (Lipinski definition) is 3. The summed E-state index contributed by atoms with van der Waals surface area (Å²) < 4.78 is 5.37. The molecular weight excluding hydrogens is 362 g/mol. The van der Waals surface area contributed by atoms with E-state index < -0.39 is 11.8 Å². The fourth-order valence-corrected chi connectivity index (χ4v) is 2.21. The topological polar surface area (TPSA) is 79.5 Å². The van der Waals surface area contributed by atoms with Crippen LogP contribution in [0.25, 0.3) is 6.08 Å². The quantitative estimate of drug-likeness (QED) is 0.405. The summed E-state index contributed by atoms with van der Waals surface area (Å²) in [6, 6.07) is 16.9. The highest BCUT2D eigenvalue weighted by molar-refractivity contribution is 7.80. The highest BCUT2D eigenvalue weighted by Gasteiger charge is 2.05. The van der Waals surface area contributed by atoms with Crippen molar-refractivity contribution in [3.63, 3.8) is 0 Å². The molecule has 2 amide bonds. The molecule has 140 valence electrons. The SMILES string of the molecule is CCc1ccc(OCC(=O)NNC(=S)NC(=O)/C=C/c2ccccc2)cc1. The van der Waals surface area contributed by atoms with Crippen molar-refractivity contribution >= 4 is 35.2 Å². The molecule has 7 heteroatoms. The summed E-state index contributed by atoms with van der Waals surface area (Å²) in [5.41, 5.74) is 6.90. The third-order valence-corrected chi connectivity index (χ3v) is 3.68. The monoisotopic (exact) mass is 383 g/mol. The van der Waals surface area contributed by atoms with Crippen molar-refractivity contribution in [2.75, 3.05) is 6.61 Å². The number of rotatable bonds is 6. The lowest BCUT2D eigenvalue weighted by Gasteiger charge is -2.10. The Morgan fingerprint density at radius 2 is 1.74 bits per heavy atom. The molecule has 0 atom stereocenters. The van der Waals surface area contributed by atoms with Crippen molar-refractivity contribution in [2.24, 2.45) is 0 Å². The van der Waals surface area contributed by atoms with Crippen LogP contribution in [-0.4, -0.2) is 23.5 Å². The van der Waals surface area contributed by atoms with Crippen molar-refractivity contribution in [1.82, 2.24) is 16.2 Å². The van der Waals surface area contributed by atoms with E-state index in [0.717, 1.165) is 12.0 Å². The van der Waals surface area contributed by atoms with Crippen molar-refractivity contribution in [3.05, 3.63) is 71.8 Å². The second kappa shape index (κ2) is 10.7. The second-order valence-electron chi connectivity index (χ2n) is 5.52. The van der Waals surface area contributed by atoms with E-state index in [0.29, 0.717) is 5.75 Å². The van der Waals surface area contributed by atoms with Crippen LogP contribution in [0.5, 0.6) is 5.75 Å². The zero-order valence-corrected chi connectivity index (χ0v) is 15.7. The Balaban J connectivity index is 1.67. The van der Waals surface area contributed by atoms with Gasteiger partial charge in [0.1, 0.15) is 5.75 Å². The number of hydrogen-bond acceptors (Lipinski definition) is 4. The standard InChI is InChI=1S/C20H21N3O3S/c1-2-15-8-11-17(12-9-15)26-14-19(25)22-23-20(27)21-18(24)13-10-16-6-4-3-5-7-16/h3-13H,2,14H2,1H3,(H,22,25)(H2,21,23,24,27)/b13-10+. The van der Waals surface area contributed by atoms with Gasteiger partial charge in [-0.15, -0.1) is 0 Å². The zero-order valence-electron chi connectivity index (χ0n) is 14.9. The third kappa shape index (κ3) is 7.70. The van der Waals surface area contributed by atoms with Crippen molar-refractivity contribution in [1.29, 1.82) is 0 Å². The van der Waals surface area contributed by atoms with Crippen LogP contribution >= 0.6 is 12.2 Å². The minimum absolute atomic E-state index is 0.0154. The van der Waals surface area contributed by atoms with Gasteiger partial charge in [0.15, 0.2) is 11.7 Å². The fraction of sp³-hybridized carbons (Fsp3) is 0.150. The van der Waals surface area contributed by atoms with Gasteiger partial charge in [-0.2, -0.15) is 0 Å². The Hall–Kier alpha value is -3.19. The summed E-state index contributed by atoms with van der Waals surface area (Å²) in [4.78, 5) is 23.5. The molecule has 0 unspecified atom stereocenters. The molecule has 0 aliphatic carbocycles. The number of aryl methyl sites for hydroxylation is 1. The molecule has 0 aliphatic rings. The number of amides is 2. The average molecular weight is 383 g/mol. The van der Waals surface area contributed by atoms with E-state index in [-0.39, 0.29) is 11.7 Å². The smallest absolute Gasteiger partial charge is 0.276 e. The van der Waals surface area contributed by atoms with E-state index in [2.05, 4.69) is 23.1 Å². The number of benzene rings is 2. The summed E-state index contributed by atoms with van der Waals surface area (Å²) >= 11 is 4.95. The molecule has 2 rings (SSSR count). The molecule has 3 N–H and O–H groups in total. The van der Waals surface area contributed by atoms with Gasteiger partial charge in [-0.3, -0.25) is 25.8 Å². The first-order valence-electron chi connectivity index (χ1n) is 8.41. The van der Waals surface area contributed by atoms with E-state index in [1.54, 1.807) is 6.08 Å². The first-order valence-corrected chi connectivity index (χ1v) is 8.82. The number of hydrazine groups is 1. The van der Waals surface area contributed by atoms with Gasteiger partial charge < -0.3 is 4.74 Å². The van der Waals surface area contributed by atoms with E-state index in [1.807, 2.05) is 54.6 Å². The van der Waals surface area contributed by atoms with Crippen LogP contribution in [-0.2, 0) is 16.0 Å². The molecule has 0 saturated heterocycles. The molecule has 27 heavy (non-hydrogen) atoms. The van der Waals surface area contributed by atoms with Gasteiger partial charge in [0, 0.05) is 6.08 Å². The van der Waals surface area contributed by atoms with Crippen LogP contribution in [0.2, 0.25) is 0 Å². The van der Waals surface area contributed by atoms with Crippen molar-refractivity contribution < 1.29 is 14.3 Å². The lowest BCUT2D eigenvalue weighted by Crippen LogP contribution is -2.49. The van der Waals surface area contributed by atoms with Gasteiger partial charge in [-0.1, -0.05) is 49.4 Å². The van der Waals surface area contributed by atoms with Crippen LogP contribution in [0.15, 0.2) is 60.7 Å². The number of thiocarbonyl (C=S) groups is 1. The average Bonchev–Trinajstić information content (AvgIpc) is 2.70. The van der Waals surface area contributed by atoms with Crippen LogP contribution in [0.3, 0.4) is 0 Å². The van der Waals surface area contributed by atoms with Gasteiger partial charge >= 0.3 is 0 Å². The molecule has 0 bridgehead atoms. The molecular formula is C20H21N3O3S. The Kier molecular flexibility index (Phi) is 7.99. The normalized spacial score (nSPS) is 10.3. The molecule has 2 aromatic carbocycles. The summed E-state index contributed by atoms with van der Waals surface area (Å²) in [7, 11) is 0. The van der Waals surface area contributed by atoms with Gasteiger partial charge in [-0.25, -0.2) is 0 Å². The van der Waals surface area contributed by atoms with Crippen LogP contribution in [0.4, 0.5) is 0 Å². The Labute approximate surface area is 163 Å². The first-order chi connectivity index (χ1) is 13.1. The molecule has 0 heterocycles. The van der Waals surface area contributed by atoms with Crippen molar-refractivity contribution in [3.8, 4) is 5.75 Å². The predicted molar refractivity (Wildman–Crippen MR) is 109 cm³/mol. The summed E-state index contributed by atoms with van der Waals surface area (Å²) in [6.07, 6.45) is 3.96. The minimum atomic E-state index is -0.425. The molecule has 0 saturated carbocycles. The number of carbonyl (C=O) groups excluding carboxylic acids is 2. The fourth-order valence-electron chi connectivity index (χ4n) is 2.05. The lowest BCUT2D eigenvalue weighted by molar-refractivity contribution is -0.123. The molecule has 0 aliphatic heterocycles. The largest absolute Gasteiger partial charge is 0.484 e. The second-order valence-corrected chi connectivity index (χ2v) is 5.93. The maximum atomic E-state index is 11.8. The van der Waals surface area contributed by atoms with Crippen molar-refractivity contribution in [2.45, 2.75) is 13.3 Å². The van der Waals surface area contributed by atoms with E-state index >= 15 is 0 Å². The molecule has 6 nitrogen and oxygen atoms in total. The molecule has 2 aromatic rings. The Morgan fingerprint density at radius 1 is 1.04 bits per heavy atom. The molecule has 0 aromatic heterocycles. The van der Waals surface area contributed by atoms with E-state index in [1.165, 1.54) is 11.6 Å². The molecule has 0 spiro atoms. The van der Waals surface area contributed by atoms with Crippen LogP contribution < -0.4 is 20.9 Å². The Bertz CT molecular complexity index is 805. The molecule has 0 fully saturated rings. The van der Waals surface area contributed by atoms with Gasteiger partial charge in [0.25, 0.3) is 5.91 Å². The maximum absolute atomic E-state index is 11.8. The highest BCUT2D eigenvalue weighted by atomic mass is 32.1. The lowest BCUT2D eigenvalue weighted by atomic mass is 10.2. The number of ether oxygens (including phenoxy) is 1. The van der Waals surface area contributed by atoms with E-state index in [9.17, 15) is 9.59 Å². The number of nitrogens with one attached hydrogen (secondary N) is 3. The minimum Gasteiger partial charge on any atom is -0.484 e. The van der Waals surface area contributed by atoms with Gasteiger partial charge in [0.05, 0.1) is 0 Å². The van der Waals surface area contributed by atoms with Crippen LogP contribution in [0, 0.1) is 0 Å².